The summed E-state index contributed by atoms with van der Waals surface area (Å²) in [5.74, 6) is 0. The molecule has 18 heavy (non-hydrogen) atoms. The summed E-state index contributed by atoms with van der Waals surface area (Å²) in [5, 5.41) is 19.2. The summed E-state index contributed by atoms with van der Waals surface area (Å²) in [7, 11) is 1.60. The van der Waals surface area contributed by atoms with Gasteiger partial charge in [0.2, 0.25) is 0 Å². The summed E-state index contributed by atoms with van der Waals surface area (Å²) < 4.78 is 25.7. The average molecular weight is 260 g/mol. The Bertz CT molecular complexity index is 427. The maximum Gasteiger partial charge on any atom is 0.270 e. The summed E-state index contributed by atoms with van der Waals surface area (Å²) in [6, 6.07) is 3.38. The smallest absolute Gasteiger partial charge is 0.270 e. The largest absolute Gasteiger partial charge is 0.396 e. The van der Waals surface area contributed by atoms with Crippen LogP contribution in [0.1, 0.15) is 18.4 Å². The Labute approximate surface area is 103 Å². The molecule has 0 fully saturated rings. The zero-order valence-corrected chi connectivity index (χ0v) is 9.84. The van der Waals surface area contributed by atoms with Crippen LogP contribution in [-0.4, -0.2) is 30.2 Å². The summed E-state index contributed by atoms with van der Waals surface area (Å²) in [5.41, 5.74) is -0.488. The van der Waals surface area contributed by atoms with Gasteiger partial charge in [-0.15, -0.1) is 0 Å². The maximum absolute atomic E-state index is 12.9. The van der Waals surface area contributed by atoms with E-state index >= 15 is 0 Å². The number of hydrogen-bond donors (Lipinski definition) is 1. The first-order valence-corrected chi connectivity index (χ1v) is 5.36. The molecule has 100 valence electrons. The van der Waals surface area contributed by atoms with Crippen LogP contribution in [0, 0.1) is 10.1 Å². The van der Waals surface area contributed by atoms with Crippen molar-refractivity contribution in [3.8, 4) is 0 Å². The molecule has 1 N–H and O–H groups in total. The number of nitrogens with zero attached hydrogens (tertiary/aromatic N) is 2. The fourth-order valence-corrected chi connectivity index (χ4v) is 1.61. The topological polar surface area (TPSA) is 66.6 Å². The van der Waals surface area contributed by atoms with E-state index in [1.54, 1.807) is 11.9 Å². The Morgan fingerprint density at radius 2 is 2.17 bits per heavy atom. The molecule has 0 aliphatic rings. The number of nitro groups is 1. The predicted octanol–water partition coefficient (Wildman–Crippen LogP) is 2.35. The second kappa shape index (κ2) is 6.25. The molecule has 0 saturated carbocycles. The van der Waals surface area contributed by atoms with Crippen molar-refractivity contribution >= 4 is 11.4 Å². The van der Waals surface area contributed by atoms with Crippen molar-refractivity contribution in [2.24, 2.45) is 0 Å². The van der Waals surface area contributed by atoms with Gasteiger partial charge in [-0.1, -0.05) is 0 Å². The van der Waals surface area contributed by atoms with Crippen LogP contribution < -0.4 is 4.90 Å². The molecule has 0 aliphatic carbocycles. The van der Waals surface area contributed by atoms with Crippen LogP contribution in [-0.2, 0) is 0 Å². The minimum atomic E-state index is -2.78. The zero-order chi connectivity index (χ0) is 13.7. The number of hydrogen-bond acceptors (Lipinski definition) is 4. The van der Waals surface area contributed by atoms with Gasteiger partial charge < -0.3 is 10.0 Å². The van der Waals surface area contributed by atoms with Gasteiger partial charge in [-0.3, -0.25) is 10.1 Å². The van der Waals surface area contributed by atoms with Gasteiger partial charge in [0.1, 0.15) is 0 Å². The van der Waals surface area contributed by atoms with E-state index in [9.17, 15) is 18.9 Å². The molecule has 0 aliphatic heterocycles. The zero-order valence-electron chi connectivity index (χ0n) is 9.84. The summed E-state index contributed by atoms with van der Waals surface area (Å²) >= 11 is 0. The van der Waals surface area contributed by atoms with Crippen molar-refractivity contribution in [1.82, 2.24) is 0 Å². The number of alkyl halides is 2. The highest BCUT2D eigenvalue weighted by Crippen LogP contribution is 2.32. The molecule has 1 rings (SSSR count). The van der Waals surface area contributed by atoms with Crippen LogP contribution in [0.2, 0.25) is 0 Å². The molecule has 5 nitrogen and oxygen atoms in total. The highest BCUT2D eigenvalue weighted by atomic mass is 19.3. The number of aliphatic hydroxyl groups excluding tert-OH is 1. The molecule has 0 saturated heterocycles. The van der Waals surface area contributed by atoms with Gasteiger partial charge in [-0.2, -0.15) is 0 Å². The Balaban J connectivity index is 3.07. The van der Waals surface area contributed by atoms with E-state index in [4.69, 9.17) is 5.11 Å². The lowest BCUT2D eigenvalue weighted by Gasteiger charge is -2.21. The number of benzene rings is 1. The van der Waals surface area contributed by atoms with Crippen molar-refractivity contribution < 1.29 is 18.8 Å². The SMILES string of the molecule is CN(CCCO)c1ccc([N+](=O)[O-])cc1C(F)F. The lowest BCUT2D eigenvalue weighted by molar-refractivity contribution is -0.385. The van der Waals surface area contributed by atoms with Crippen LogP contribution in [0.3, 0.4) is 0 Å². The van der Waals surface area contributed by atoms with Crippen LogP contribution >= 0.6 is 0 Å². The predicted molar refractivity (Wildman–Crippen MR) is 63.0 cm³/mol. The molecule has 1 aromatic rings. The van der Waals surface area contributed by atoms with Gasteiger partial charge >= 0.3 is 0 Å². The van der Waals surface area contributed by atoms with Gasteiger partial charge in [-0.05, 0) is 12.5 Å². The molecular formula is C11H14F2N2O3. The van der Waals surface area contributed by atoms with E-state index in [0.29, 0.717) is 13.0 Å². The number of anilines is 1. The molecular weight excluding hydrogens is 246 g/mol. The molecule has 1 aromatic carbocycles. The van der Waals surface area contributed by atoms with E-state index in [1.165, 1.54) is 12.1 Å². The summed E-state index contributed by atoms with van der Waals surface area (Å²) in [6.45, 7) is 0.357. The van der Waals surface area contributed by atoms with Gasteiger partial charge in [0.05, 0.1) is 4.92 Å². The third-order valence-corrected chi connectivity index (χ3v) is 2.52. The van der Waals surface area contributed by atoms with Crippen molar-refractivity contribution in [2.75, 3.05) is 25.1 Å². The van der Waals surface area contributed by atoms with Crippen LogP contribution in [0.15, 0.2) is 18.2 Å². The van der Waals surface area contributed by atoms with Crippen molar-refractivity contribution in [3.63, 3.8) is 0 Å². The van der Waals surface area contributed by atoms with Gasteiger partial charge in [0, 0.05) is 43.6 Å². The fraction of sp³-hybridized carbons (Fsp3) is 0.455. The summed E-state index contributed by atoms with van der Waals surface area (Å²) in [6.07, 6.45) is -2.34. The van der Waals surface area contributed by atoms with Gasteiger partial charge in [-0.25, -0.2) is 8.78 Å². The molecule has 0 heterocycles. The maximum atomic E-state index is 12.9. The second-order valence-corrected chi connectivity index (χ2v) is 3.80. The fourth-order valence-electron chi connectivity index (χ4n) is 1.61. The molecule has 0 spiro atoms. The molecule has 0 bridgehead atoms. The van der Waals surface area contributed by atoms with Crippen molar-refractivity contribution in [1.29, 1.82) is 0 Å². The molecule has 0 aromatic heterocycles. The second-order valence-electron chi connectivity index (χ2n) is 3.80. The van der Waals surface area contributed by atoms with Gasteiger partial charge in [0.15, 0.2) is 0 Å². The molecule has 0 unspecified atom stereocenters. The molecule has 0 amide bonds. The first-order valence-electron chi connectivity index (χ1n) is 5.36. The van der Waals surface area contributed by atoms with E-state index < -0.39 is 11.3 Å². The molecule has 0 atom stereocenters. The average Bonchev–Trinajstić information content (AvgIpc) is 2.34. The normalized spacial score (nSPS) is 10.7. The molecule has 7 heteroatoms. The van der Waals surface area contributed by atoms with Crippen LogP contribution in [0.5, 0.6) is 0 Å². The quantitative estimate of drug-likeness (QED) is 0.629. The van der Waals surface area contributed by atoms with Gasteiger partial charge in [0.25, 0.3) is 12.1 Å². The first-order chi connectivity index (χ1) is 8.47. The minimum Gasteiger partial charge on any atom is -0.396 e. The number of aliphatic hydroxyl groups is 1. The number of halogens is 2. The molecule has 0 radical (unpaired) electrons. The third kappa shape index (κ3) is 3.36. The monoisotopic (exact) mass is 260 g/mol. The minimum absolute atomic E-state index is 0.0403. The highest BCUT2D eigenvalue weighted by Gasteiger charge is 2.19. The Kier molecular flexibility index (Phi) is 4.96. The van der Waals surface area contributed by atoms with Crippen molar-refractivity contribution in [3.05, 3.63) is 33.9 Å². The van der Waals surface area contributed by atoms with E-state index in [1.807, 2.05) is 0 Å². The highest BCUT2D eigenvalue weighted by molar-refractivity contribution is 5.58. The lowest BCUT2D eigenvalue weighted by Crippen LogP contribution is -2.21. The number of rotatable bonds is 6. The van der Waals surface area contributed by atoms with Crippen LogP contribution in [0.25, 0.3) is 0 Å². The third-order valence-electron chi connectivity index (χ3n) is 2.52. The van der Waals surface area contributed by atoms with Crippen molar-refractivity contribution in [2.45, 2.75) is 12.8 Å². The lowest BCUT2D eigenvalue weighted by atomic mass is 10.1. The number of nitro benzene ring substituents is 1. The van der Waals surface area contributed by atoms with Crippen LogP contribution in [0.4, 0.5) is 20.2 Å². The standard InChI is InChI=1S/C11H14F2N2O3/c1-14(5-2-6-16)10-4-3-8(15(17)18)7-9(10)11(12)13/h3-4,7,11,16H,2,5-6H2,1H3. The summed E-state index contributed by atoms with van der Waals surface area (Å²) in [4.78, 5) is 11.4. The van der Waals surface area contributed by atoms with E-state index in [0.717, 1.165) is 6.07 Å². The van der Waals surface area contributed by atoms with E-state index in [-0.39, 0.29) is 23.5 Å². The Hall–Kier alpha value is -1.76. The number of non-ortho nitro benzene ring substituents is 1. The first kappa shape index (κ1) is 14.3. The Morgan fingerprint density at radius 1 is 1.50 bits per heavy atom. The Morgan fingerprint density at radius 3 is 2.67 bits per heavy atom. The van der Waals surface area contributed by atoms with E-state index in [2.05, 4.69) is 0 Å².